The second-order valence-electron chi connectivity index (χ2n) is 9.72. The number of ketones is 1. The lowest BCUT2D eigenvalue weighted by molar-refractivity contribution is -0.153. The molecule has 0 saturated carbocycles. The van der Waals surface area contributed by atoms with Gasteiger partial charge in [0, 0.05) is 12.3 Å². The number of Topliss-reactive ketones (excluding diaryl/α,β-unsaturated/α-hetero) is 1. The van der Waals surface area contributed by atoms with Gasteiger partial charge in [0.2, 0.25) is 0 Å². The molecule has 0 unspecified atom stereocenters. The van der Waals surface area contributed by atoms with Gasteiger partial charge in [-0.15, -0.1) is 0 Å². The molecule has 0 saturated heterocycles. The number of halogens is 2. The molecule has 1 aliphatic rings. The van der Waals surface area contributed by atoms with E-state index in [4.69, 9.17) is 9.47 Å². The number of esters is 1. The quantitative estimate of drug-likeness (QED) is 0.514. The summed E-state index contributed by atoms with van der Waals surface area (Å²) < 4.78 is 66.9. The number of nitrogens with zero attached hydrogens (tertiary/aromatic N) is 1. The van der Waals surface area contributed by atoms with Gasteiger partial charge in [-0.25, -0.2) is 17.2 Å². The van der Waals surface area contributed by atoms with E-state index in [9.17, 15) is 26.8 Å². The standard InChI is InChI=1S/C25H29F2NO6S/c1-15(10-16(2)29)23-14-28(35(31,32)18-7-8-19(26)20(27)13-18)21-11-17(6-9-22(21)33-23)12-24(30)34-25(3,4)5/h6-9,11,13,15,23H,10,12,14H2,1-5H3/t15-,23-/m1/s1. The van der Waals surface area contributed by atoms with Crippen molar-refractivity contribution in [1.82, 2.24) is 0 Å². The van der Waals surface area contributed by atoms with Crippen LogP contribution in [-0.2, 0) is 30.8 Å². The molecule has 10 heteroatoms. The van der Waals surface area contributed by atoms with Crippen LogP contribution < -0.4 is 9.04 Å². The Hall–Kier alpha value is -3.01. The summed E-state index contributed by atoms with van der Waals surface area (Å²) in [6.45, 7) is 8.28. The Bertz CT molecular complexity index is 1240. The van der Waals surface area contributed by atoms with Crippen LogP contribution in [0.1, 0.15) is 46.6 Å². The molecular formula is C25H29F2NO6S. The number of carbonyl (C=O) groups is 2. The molecule has 2 aromatic rings. The van der Waals surface area contributed by atoms with Crippen LogP contribution in [0, 0.1) is 17.6 Å². The van der Waals surface area contributed by atoms with Crippen molar-refractivity contribution >= 4 is 27.5 Å². The molecule has 0 aromatic heterocycles. The van der Waals surface area contributed by atoms with Gasteiger partial charge in [-0.3, -0.25) is 9.10 Å². The zero-order valence-corrected chi connectivity index (χ0v) is 21.1. The molecule has 190 valence electrons. The molecule has 7 nitrogen and oxygen atoms in total. The second kappa shape index (κ2) is 9.93. The molecule has 0 radical (unpaired) electrons. The van der Waals surface area contributed by atoms with Gasteiger partial charge in [-0.1, -0.05) is 13.0 Å². The van der Waals surface area contributed by atoms with Gasteiger partial charge in [0.05, 0.1) is 23.5 Å². The van der Waals surface area contributed by atoms with Gasteiger partial charge < -0.3 is 14.3 Å². The van der Waals surface area contributed by atoms with Crippen LogP contribution in [0.3, 0.4) is 0 Å². The highest BCUT2D eigenvalue weighted by Gasteiger charge is 2.37. The number of benzene rings is 2. The zero-order valence-electron chi connectivity index (χ0n) is 20.3. The van der Waals surface area contributed by atoms with E-state index in [0.29, 0.717) is 11.6 Å². The first kappa shape index (κ1) is 26.6. The van der Waals surface area contributed by atoms with Crippen molar-refractivity contribution in [2.24, 2.45) is 5.92 Å². The third kappa shape index (κ3) is 6.36. The van der Waals surface area contributed by atoms with Crippen LogP contribution >= 0.6 is 0 Å². The fraction of sp³-hybridized carbons (Fsp3) is 0.440. The molecule has 0 spiro atoms. The second-order valence-corrected chi connectivity index (χ2v) is 11.6. The molecule has 0 bridgehead atoms. The van der Waals surface area contributed by atoms with Crippen molar-refractivity contribution in [2.45, 2.75) is 64.1 Å². The lowest BCUT2D eigenvalue weighted by Gasteiger charge is -2.38. The maximum absolute atomic E-state index is 13.9. The molecule has 0 N–H and O–H groups in total. The molecule has 2 atom stereocenters. The number of rotatable bonds is 7. The topological polar surface area (TPSA) is 90.0 Å². The molecule has 0 fully saturated rings. The molecule has 2 aromatic carbocycles. The van der Waals surface area contributed by atoms with Crippen molar-refractivity contribution in [1.29, 1.82) is 0 Å². The van der Waals surface area contributed by atoms with Crippen molar-refractivity contribution in [3.63, 3.8) is 0 Å². The number of hydrogen-bond acceptors (Lipinski definition) is 6. The zero-order chi connectivity index (χ0) is 26.1. The van der Waals surface area contributed by atoms with E-state index in [1.165, 1.54) is 13.0 Å². The largest absolute Gasteiger partial charge is 0.486 e. The first-order valence-electron chi connectivity index (χ1n) is 11.2. The van der Waals surface area contributed by atoms with Crippen LogP contribution in [0.4, 0.5) is 14.5 Å². The summed E-state index contributed by atoms with van der Waals surface area (Å²) in [4.78, 5) is 23.5. The van der Waals surface area contributed by atoms with Gasteiger partial charge in [-0.2, -0.15) is 0 Å². The van der Waals surface area contributed by atoms with Crippen LogP contribution in [-0.4, -0.2) is 38.4 Å². The van der Waals surface area contributed by atoms with E-state index in [0.717, 1.165) is 16.4 Å². The van der Waals surface area contributed by atoms with E-state index >= 15 is 0 Å². The summed E-state index contributed by atoms with van der Waals surface area (Å²) in [7, 11) is -4.34. The molecule has 0 aliphatic carbocycles. The molecule has 3 rings (SSSR count). The lowest BCUT2D eigenvalue weighted by Crippen LogP contribution is -2.46. The van der Waals surface area contributed by atoms with Crippen LogP contribution in [0.15, 0.2) is 41.3 Å². The number of anilines is 1. The SMILES string of the molecule is CC(=O)C[C@@H](C)[C@H]1CN(S(=O)(=O)c2ccc(F)c(F)c2)c2cc(CC(=O)OC(C)(C)C)ccc2O1. The summed E-state index contributed by atoms with van der Waals surface area (Å²) in [5.74, 6) is -3.11. The Morgan fingerprint density at radius 1 is 1.14 bits per heavy atom. The first-order valence-corrected chi connectivity index (χ1v) is 12.6. The fourth-order valence-corrected chi connectivity index (χ4v) is 5.34. The summed E-state index contributed by atoms with van der Waals surface area (Å²) in [5, 5.41) is 0. The van der Waals surface area contributed by atoms with Gasteiger partial charge >= 0.3 is 5.97 Å². The summed E-state index contributed by atoms with van der Waals surface area (Å²) >= 11 is 0. The Labute approximate surface area is 204 Å². The first-order chi connectivity index (χ1) is 16.2. The normalized spacial score (nSPS) is 16.8. The minimum absolute atomic E-state index is 0.0744. The number of carbonyl (C=O) groups excluding carboxylic acids is 2. The number of hydrogen-bond donors (Lipinski definition) is 0. The van der Waals surface area contributed by atoms with Crippen LogP contribution in [0.2, 0.25) is 0 Å². The van der Waals surface area contributed by atoms with Gasteiger partial charge in [0.25, 0.3) is 10.0 Å². The predicted octanol–water partition coefficient (Wildman–Crippen LogP) is 4.42. The van der Waals surface area contributed by atoms with Crippen molar-refractivity contribution in [2.75, 3.05) is 10.8 Å². The average Bonchev–Trinajstić information content (AvgIpc) is 2.72. The van der Waals surface area contributed by atoms with Gasteiger partial charge in [0.15, 0.2) is 11.6 Å². The van der Waals surface area contributed by atoms with E-state index < -0.39 is 44.2 Å². The summed E-state index contributed by atoms with van der Waals surface area (Å²) in [5.41, 5.74) is -0.0411. The smallest absolute Gasteiger partial charge is 0.310 e. The van der Waals surface area contributed by atoms with Crippen molar-refractivity contribution in [3.8, 4) is 5.75 Å². The predicted molar refractivity (Wildman–Crippen MR) is 126 cm³/mol. The van der Waals surface area contributed by atoms with Gasteiger partial charge in [-0.05, 0) is 63.6 Å². The summed E-state index contributed by atoms with van der Waals surface area (Å²) in [6, 6.07) is 7.04. The average molecular weight is 510 g/mol. The molecule has 1 heterocycles. The summed E-state index contributed by atoms with van der Waals surface area (Å²) in [6.07, 6.45) is -0.591. The third-order valence-corrected chi connectivity index (χ3v) is 7.18. The maximum atomic E-state index is 13.9. The Morgan fingerprint density at radius 2 is 1.83 bits per heavy atom. The molecular weight excluding hydrogens is 480 g/mol. The molecule has 0 amide bonds. The number of ether oxygens (including phenoxy) is 2. The lowest BCUT2D eigenvalue weighted by atomic mass is 9.97. The maximum Gasteiger partial charge on any atom is 0.310 e. The van der Waals surface area contributed by atoms with Crippen molar-refractivity contribution < 1.29 is 36.3 Å². The Balaban J connectivity index is 2.04. The highest BCUT2D eigenvalue weighted by molar-refractivity contribution is 7.92. The number of sulfonamides is 1. The molecule has 1 aliphatic heterocycles. The highest BCUT2D eigenvalue weighted by Crippen LogP contribution is 2.39. The van der Waals surface area contributed by atoms with Gasteiger partial charge in [0.1, 0.15) is 23.2 Å². The fourth-order valence-electron chi connectivity index (χ4n) is 3.85. The minimum atomic E-state index is -4.34. The van der Waals surface area contributed by atoms with Crippen molar-refractivity contribution in [3.05, 3.63) is 53.6 Å². The highest BCUT2D eigenvalue weighted by atomic mass is 32.2. The van der Waals surface area contributed by atoms with Crippen LogP contribution in [0.25, 0.3) is 0 Å². The van der Waals surface area contributed by atoms with Crippen LogP contribution in [0.5, 0.6) is 5.75 Å². The van der Waals surface area contributed by atoms with E-state index in [1.54, 1.807) is 39.8 Å². The monoisotopic (exact) mass is 509 g/mol. The third-order valence-electron chi connectivity index (χ3n) is 5.41. The molecule has 35 heavy (non-hydrogen) atoms. The van der Waals surface area contributed by atoms with E-state index in [1.807, 2.05) is 0 Å². The Morgan fingerprint density at radius 3 is 2.43 bits per heavy atom. The Kier molecular flexibility index (Phi) is 7.54. The number of fused-ring (bicyclic) bond motifs is 1. The van der Waals surface area contributed by atoms with E-state index in [-0.39, 0.29) is 42.5 Å². The van der Waals surface area contributed by atoms with E-state index in [2.05, 4.69) is 0 Å². The minimum Gasteiger partial charge on any atom is -0.486 e.